The van der Waals surface area contributed by atoms with Crippen LogP contribution >= 0.6 is 0 Å². The second-order valence-electron chi connectivity index (χ2n) is 2.31. The number of anilines is 1. The van der Waals surface area contributed by atoms with E-state index in [9.17, 15) is 4.79 Å². The lowest BCUT2D eigenvalue weighted by Gasteiger charge is -2.04. The summed E-state index contributed by atoms with van der Waals surface area (Å²) in [6.45, 7) is 2.25. The van der Waals surface area contributed by atoms with Crippen molar-refractivity contribution in [3.63, 3.8) is 0 Å². The number of benzene rings is 1. The Hall–Kier alpha value is -1.31. The summed E-state index contributed by atoms with van der Waals surface area (Å²) in [6, 6.07) is 7.82. The van der Waals surface area contributed by atoms with Gasteiger partial charge in [0.25, 0.3) is 0 Å². The molecule has 0 aliphatic heterocycles. The smallest absolute Gasteiger partial charge is 0.219 e. The summed E-state index contributed by atoms with van der Waals surface area (Å²) < 4.78 is 0. The fourth-order valence-electron chi connectivity index (χ4n) is 0.903. The van der Waals surface area contributed by atoms with Crippen molar-refractivity contribution in [2.45, 2.75) is 6.92 Å². The Labute approximate surface area is 66.2 Å². The van der Waals surface area contributed by atoms with Gasteiger partial charge in [-0.3, -0.25) is 4.79 Å². The van der Waals surface area contributed by atoms with E-state index in [2.05, 4.69) is 5.32 Å². The van der Waals surface area contributed by atoms with Gasteiger partial charge >= 0.3 is 0 Å². The fraction of sp³-hybridized carbons (Fsp3) is 0.222. The van der Waals surface area contributed by atoms with Crippen molar-refractivity contribution >= 4 is 12.0 Å². The first kappa shape index (κ1) is 7.79. The molecule has 1 aromatic rings. The molecule has 0 aliphatic carbocycles. The van der Waals surface area contributed by atoms with Gasteiger partial charge in [-0.05, 0) is 18.6 Å². The molecule has 0 fully saturated rings. The standard InChI is InChI=1S/C9H10NO/c1-8-4-2-3-5-9(8)10-6-7-11/h2-5,10H,6H2,1H3. The lowest BCUT2D eigenvalue weighted by molar-refractivity contribution is 0.557. The normalized spacial score (nSPS) is 9.18. The van der Waals surface area contributed by atoms with Crippen molar-refractivity contribution in [2.24, 2.45) is 0 Å². The van der Waals surface area contributed by atoms with Crippen molar-refractivity contribution in [3.05, 3.63) is 29.8 Å². The number of para-hydroxylation sites is 1. The maximum absolute atomic E-state index is 9.90. The highest BCUT2D eigenvalue weighted by Crippen LogP contribution is 2.11. The molecule has 0 atom stereocenters. The summed E-state index contributed by atoms with van der Waals surface area (Å²) >= 11 is 0. The van der Waals surface area contributed by atoms with E-state index < -0.39 is 0 Å². The number of hydrogen-bond acceptors (Lipinski definition) is 2. The molecule has 0 saturated carbocycles. The minimum Gasteiger partial charge on any atom is -0.377 e. The Kier molecular flexibility index (Phi) is 2.66. The third kappa shape index (κ3) is 2.08. The molecule has 0 saturated heterocycles. The summed E-state index contributed by atoms with van der Waals surface area (Å²) in [5.41, 5.74) is 2.14. The van der Waals surface area contributed by atoms with Crippen LogP contribution in [0.25, 0.3) is 0 Å². The molecule has 11 heavy (non-hydrogen) atoms. The lowest BCUT2D eigenvalue weighted by Crippen LogP contribution is -2.02. The minimum atomic E-state index is 0.255. The summed E-state index contributed by atoms with van der Waals surface area (Å²) in [7, 11) is 0. The molecule has 1 aromatic carbocycles. The van der Waals surface area contributed by atoms with Gasteiger partial charge in [-0.1, -0.05) is 18.2 Å². The lowest BCUT2D eigenvalue weighted by atomic mass is 10.2. The maximum Gasteiger partial charge on any atom is 0.219 e. The SMILES string of the molecule is Cc1ccccc1NC[C]=O. The Morgan fingerprint density at radius 3 is 2.82 bits per heavy atom. The molecule has 2 heteroatoms. The van der Waals surface area contributed by atoms with Gasteiger partial charge in [-0.15, -0.1) is 0 Å². The molecular weight excluding hydrogens is 138 g/mol. The van der Waals surface area contributed by atoms with Crippen LogP contribution in [0.3, 0.4) is 0 Å². The Morgan fingerprint density at radius 1 is 1.45 bits per heavy atom. The van der Waals surface area contributed by atoms with Crippen LogP contribution in [0.2, 0.25) is 0 Å². The molecule has 2 nitrogen and oxygen atoms in total. The van der Waals surface area contributed by atoms with Crippen LogP contribution in [0.4, 0.5) is 5.69 Å². The molecule has 0 spiro atoms. The summed E-state index contributed by atoms with van der Waals surface area (Å²) in [5, 5.41) is 2.94. The third-order valence-electron chi connectivity index (χ3n) is 1.50. The average Bonchev–Trinajstić information content (AvgIpc) is 2.03. The number of hydrogen-bond donors (Lipinski definition) is 1. The number of nitrogens with one attached hydrogen (secondary N) is 1. The largest absolute Gasteiger partial charge is 0.377 e. The van der Waals surface area contributed by atoms with Crippen LogP contribution in [0, 0.1) is 6.92 Å². The van der Waals surface area contributed by atoms with Gasteiger partial charge in [0, 0.05) is 5.69 Å². The highest BCUT2D eigenvalue weighted by molar-refractivity contribution is 5.61. The first-order valence-corrected chi connectivity index (χ1v) is 3.49. The highest BCUT2D eigenvalue weighted by atomic mass is 16.1. The number of aryl methyl sites for hydroxylation is 1. The molecular formula is C9H10NO. The Balaban J connectivity index is 2.69. The van der Waals surface area contributed by atoms with Crippen molar-refractivity contribution in [1.82, 2.24) is 0 Å². The van der Waals surface area contributed by atoms with Crippen LogP contribution in [-0.4, -0.2) is 12.8 Å². The van der Waals surface area contributed by atoms with Crippen molar-refractivity contribution in [3.8, 4) is 0 Å². The molecule has 0 heterocycles. The van der Waals surface area contributed by atoms with Gasteiger partial charge in [0.15, 0.2) is 0 Å². The Bertz CT molecular complexity index is 245. The maximum atomic E-state index is 9.90. The predicted octanol–water partition coefficient (Wildman–Crippen LogP) is 1.52. The molecule has 0 bridgehead atoms. The molecule has 0 unspecified atom stereocenters. The van der Waals surface area contributed by atoms with Crippen LogP contribution in [0.15, 0.2) is 24.3 Å². The minimum absolute atomic E-state index is 0.255. The zero-order chi connectivity index (χ0) is 8.10. The zero-order valence-corrected chi connectivity index (χ0v) is 6.42. The summed E-state index contributed by atoms with van der Waals surface area (Å²) in [5.74, 6) is 0. The Morgan fingerprint density at radius 2 is 2.18 bits per heavy atom. The van der Waals surface area contributed by atoms with E-state index in [1.165, 1.54) is 0 Å². The first-order valence-electron chi connectivity index (χ1n) is 3.49. The van der Waals surface area contributed by atoms with Crippen molar-refractivity contribution < 1.29 is 4.79 Å². The van der Waals surface area contributed by atoms with E-state index in [1.807, 2.05) is 31.2 Å². The van der Waals surface area contributed by atoms with E-state index in [0.717, 1.165) is 11.3 Å². The van der Waals surface area contributed by atoms with E-state index in [0.29, 0.717) is 0 Å². The number of carbonyl (C=O) groups excluding carboxylic acids is 1. The molecule has 1 rings (SSSR count). The topological polar surface area (TPSA) is 29.1 Å². The average molecular weight is 148 g/mol. The van der Waals surface area contributed by atoms with Crippen LogP contribution in [0.1, 0.15) is 5.56 Å². The third-order valence-corrected chi connectivity index (χ3v) is 1.50. The van der Waals surface area contributed by atoms with E-state index in [4.69, 9.17) is 0 Å². The molecule has 1 N–H and O–H groups in total. The van der Waals surface area contributed by atoms with Gasteiger partial charge in [0.2, 0.25) is 6.29 Å². The second-order valence-corrected chi connectivity index (χ2v) is 2.31. The predicted molar refractivity (Wildman–Crippen MR) is 45.4 cm³/mol. The molecule has 1 radical (unpaired) electrons. The zero-order valence-electron chi connectivity index (χ0n) is 6.42. The van der Waals surface area contributed by atoms with Gasteiger partial charge < -0.3 is 5.32 Å². The number of rotatable bonds is 3. The van der Waals surface area contributed by atoms with Crippen LogP contribution < -0.4 is 5.32 Å². The van der Waals surface area contributed by atoms with Crippen LogP contribution in [0.5, 0.6) is 0 Å². The molecule has 0 aromatic heterocycles. The molecule has 0 amide bonds. The van der Waals surface area contributed by atoms with E-state index in [1.54, 1.807) is 6.29 Å². The van der Waals surface area contributed by atoms with E-state index in [-0.39, 0.29) is 6.54 Å². The van der Waals surface area contributed by atoms with Crippen LogP contribution in [-0.2, 0) is 4.79 Å². The van der Waals surface area contributed by atoms with Crippen molar-refractivity contribution in [2.75, 3.05) is 11.9 Å². The quantitative estimate of drug-likeness (QED) is 0.704. The second kappa shape index (κ2) is 3.76. The molecule has 57 valence electrons. The van der Waals surface area contributed by atoms with Gasteiger partial charge in [-0.2, -0.15) is 0 Å². The monoisotopic (exact) mass is 148 g/mol. The summed E-state index contributed by atoms with van der Waals surface area (Å²) in [6.07, 6.45) is 1.78. The van der Waals surface area contributed by atoms with Crippen molar-refractivity contribution in [1.29, 1.82) is 0 Å². The first-order chi connectivity index (χ1) is 5.34. The van der Waals surface area contributed by atoms with Gasteiger partial charge in [0.05, 0.1) is 6.54 Å². The highest BCUT2D eigenvalue weighted by Gasteiger charge is 1.92. The fourth-order valence-corrected chi connectivity index (χ4v) is 0.903. The molecule has 0 aliphatic rings. The van der Waals surface area contributed by atoms with Gasteiger partial charge in [-0.25, -0.2) is 0 Å². The van der Waals surface area contributed by atoms with Gasteiger partial charge in [0.1, 0.15) is 0 Å². The summed E-state index contributed by atoms with van der Waals surface area (Å²) in [4.78, 5) is 9.90. The van der Waals surface area contributed by atoms with E-state index >= 15 is 0 Å².